The molecule has 0 saturated carbocycles. The molecule has 0 bridgehead atoms. The van der Waals surface area contributed by atoms with Gasteiger partial charge in [0, 0.05) is 36.5 Å². The number of nitrogens with one attached hydrogen (secondary N) is 3. The minimum atomic E-state index is -1.60. The van der Waals surface area contributed by atoms with E-state index in [1.165, 1.54) is 21.7 Å². The number of benzene rings is 1. The Labute approximate surface area is 279 Å². The Bertz CT molecular complexity index is 1600. The molecule has 2 aromatic rings. The topological polar surface area (TPSA) is 184 Å². The molecule has 0 unspecified atom stereocenters. The van der Waals surface area contributed by atoms with Gasteiger partial charge in [0.2, 0.25) is 23.6 Å². The van der Waals surface area contributed by atoms with Crippen molar-refractivity contribution >= 4 is 46.3 Å². The minimum absolute atomic E-state index is 0.141. The van der Waals surface area contributed by atoms with Crippen molar-refractivity contribution in [2.75, 3.05) is 6.54 Å². The Morgan fingerprint density at radius 2 is 1.69 bits per heavy atom. The number of carboxylic acid groups (broad SMARTS) is 1. The van der Waals surface area contributed by atoms with Crippen molar-refractivity contribution in [2.45, 2.75) is 116 Å². The first-order chi connectivity index (χ1) is 23.0. The second-order valence-corrected chi connectivity index (χ2v) is 12.9. The van der Waals surface area contributed by atoms with E-state index in [0.29, 0.717) is 63.4 Å². The zero-order valence-electron chi connectivity index (χ0n) is 28.0. The molecule has 4 rings (SSSR count). The average molecular weight is 666 g/mol. The van der Waals surface area contributed by atoms with Crippen LogP contribution < -0.4 is 21.4 Å². The first kappa shape index (κ1) is 36.3. The van der Waals surface area contributed by atoms with Gasteiger partial charge in [-0.3, -0.25) is 33.6 Å². The SMILES string of the molecule is CCC(=O)CCCCC[C@@H]1NC(=O)[C@H]2CCCCN2C(=O)[C@H]([C@H](C)CC)NC(=O)[C@H](c2cn(CC(=O)O)c3ccccc3c2=O)NC1=O. The van der Waals surface area contributed by atoms with Gasteiger partial charge in [-0.15, -0.1) is 0 Å². The summed E-state index contributed by atoms with van der Waals surface area (Å²) in [7, 11) is 0. The van der Waals surface area contributed by atoms with Crippen molar-refractivity contribution in [1.29, 1.82) is 0 Å². The smallest absolute Gasteiger partial charge is 0.323 e. The number of hydrogen-bond donors (Lipinski definition) is 4. The number of Topliss-reactive ketones (excluding diaryl/α,β-unsaturated/α-hetero) is 1. The van der Waals surface area contributed by atoms with Crippen molar-refractivity contribution in [3.63, 3.8) is 0 Å². The summed E-state index contributed by atoms with van der Waals surface area (Å²) in [5.74, 6) is -3.76. The lowest BCUT2D eigenvalue weighted by Gasteiger charge is -2.39. The van der Waals surface area contributed by atoms with Crippen molar-refractivity contribution in [2.24, 2.45) is 5.92 Å². The highest BCUT2D eigenvalue weighted by Crippen LogP contribution is 2.24. The first-order valence-corrected chi connectivity index (χ1v) is 17.0. The van der Waals surface area contributed by atoms with Gasteiger partial charge in [-0.05, 0) is 50.2 Å². The van der Waals surface area contributed by atoms with Gasteiger partial charge in [-0.25, -0.2) is 0 Å². The van der Waals surface area contributed by atoms with Crippen LogP contribution in [0.15, 0.2) is 35.3 Å². The largest absolute Gasteiger partial charge is 0.480 e. The lowest BCUT2D eigenvalue weighted by Crippen LogP contribution is -2.63. The third-order valence-electron chi connectivity index (χ3n) is 9.52. The van der Waals surface area contributed by atoms with Gasteiger partial charge in [0.15, 0.2) is 5.43 Å². The first-order valence-electron chi connectivity index (χ1n) is 17.0. The summed E-state index contributed by atoms with van der Waals surface area (Å²) < 4.78 is 1.33. The number of pyridine rings is 1. The molecule has 13 nitrogen and oxygen atoms in total. The van der Waals surface area contributed by atoms with Gasteiger partial charge in [-0.2, -0.15) is 0 Å². The van der Waals surface area contributed by atoms with E-state index in [1.807, 2.05) is 6.92 Å². The predicted molar refractivity (Wildman–Crippen MR) is 178 cm³/mol. The summed E-state index contributed by atoms with van der Waals surface area (Å²) in [5.41, 5.74) is -0.417. The van der Waals surface area contributed by atoms with Gasteiger partial charge in [0.25, 0.3) is 0 Å². The summed E-state index contributed by atoms with van der Waals surface area (Å²) in [6, 6.07) is 1.82. The van der Waals surface area contributed by atoms with Gasteiger partial charge in [0.1, 0.15) is 36.5 Å². The second-order valence-electron chi connectivity index (χ2n) is 12.9. The van der Waals surface area contributed by atoms with Crippen LogP contribution in [0.3, 0.4) is 0 Å². The fraction of sp³-hybridized carbons (Fsp3) is 0.571. The van der Waals surface area contributed by atoms with Gasteiger partial charge in [0.05, 0.1) is 5.52 Å². The number of carboxylic acids is 1. The molecule has 2 fully saturated rings. The maximum Gasteiger partial charge on any atom is 0.323 e. The van der Waals surface area contributed by atoms with Crippen LogP contribution in [0, 0.1) is 5.92 Å². The number of carbonyl (C=O) groups is 6. The molecule has 0 radical (unpaired) electrons. The molecule has 4 N–H and O–H groups in total. The molecule has 1 aromatic carbocycles. The van der Waals surface area contributed by atoms with Gasteiger partial charge in [-0.1, -0.05) is 52.2 Å². The summed E-state index contributed by atoms with van der Waals surface area (Å²) in [6.07, 6.45) is 6.41. The maximum absolute atomic E-state index is 14.2. The van der Waals surface area contributed by atoms with E-state index in [-0.39, 0.29) is 29.1 Å². The molecule has 5 atom stereocenters. The van der Waals surface area contributed by atoms with Crippen LogP contribution in [-0.2, 0) is 35.3 Å². The molecule has 2 aliphatic rings. The zero-order valence-corrected chi connectivity index (χ0v) is 28.0. The Hall–Kier alpha value is -4.55. The van der Waals surface area contributed by atoms with Crippen LogP contribution in [0.25, 0.3) is 10.9 Å². The van der Waals surface area contributed by atoms with E-state index >= 15 is 0 Å². The van der Waals surface area contributed by atoms with Crippen LogP contribution in [0.4, 0.5) is 0 Å². The van der Waals surface area contributed by atoms with Crippen LogP contribution >= 0.6 is 0 Å². The molecule has 13 heteroatoms. The number of amides is 4. The fourth-order valence-electron chi connectivity index (χ4n) is 6.50. The number of para-hydroxylation sites is 1. The molecule has 0 spiro atoms. The summed E-state index contributed by atoms with van der Waals surface area (Å²) in [4.78, 5) is 95.1. The number of nitrogens with zero attached hydrogens (tertiary/aromatic N) is 2. The van der Waals surface area contributed by atoms with Gasteiger partial charge >= 0.3 is 5.97 Å². The minimum Gasteiger partial charge on any atom is -0.480 e. The van der Waals surface area contributed by atoms with E-state index in [0.717, 1.165) is 6.42 Å². The molecule has 260 valence electrons. The summed E-state index contributed by atoms with van der Waals surface area (Å²) in [5, 5.41) is 18.1. The number of hydrogen-bond acceptors (Lipinski definition) is 7. The zero-order chi connectivity index (χ0) is 35.0. The number of unbranched alkanes of at least 4 members (excludes halogenated alkanes) is 2. The molecular weight excluding hydrogens is 618 g/mol. The highest BCUT2D eigenvalue weighted by atomic mass is 16.4. The molecule has 3 heterocycles. The van der Waals surface area contributed by atoms with Crippen molar-refractivity contribution in [1.82, 2.24) is 25.4 Å². The molecule has 4 amide bonds. The third kappa shape index (κ3) is 8.48. The maximum atomic E-state index is 14.2. The highest BCUT2D eigenvalue weighted by Gasteiger charge is 2.41. The standard InChI is InChI=1S/C35H47N5O8/c1-4-21(3)29-35(48)40-18-12-11-17-27(40)33(46)36-25(15-8-6-7-13-22(41)5-2)32(45)38-30(34(47)37-29)24-19-39(20-28(42)43)26-16-10-9-14-23(26)31(24)44/h9-10,14,16,19,21,25,27,29-30H,4-8,11-13,15,17-18,20H2,1-3H3,(H,36,46)(H,37,47)(H,38,45)(H,42,43)/t21-,25+,27-,29+,30+/m1/s1. The van der Waals surface area contributed by atoms with Crippen molar-refractivity contribution in [3.05, 3.63) is 46.2 Å². The van der Waals surface area contributed by atoms with Crippen LogP contribution in [0.5, 0.6) is 0 Å². The van der Waals surface area contributed by atoms with Crippen LogP contribution in [0.1, 0.15) is 96.6 Å². The van der Waals surface area contributed by atoms with E-state index in [4.69, 9.17) is 0 Å². The Morgan fingerprint density at radius 1 is 0.938 bits per heavy atom. The van der Waals surface area contributed by atoms with E-state index in [9.17, 15) is 38.7 Å². The number of aromatic nitrogens is 1. The van der Waals surface area contributed by atoms with E-state index in [2.05, 4.69) is 16.0 Å². The monoisotopic (exact) mass is 665 g/mol. The molecular formula is C35H47N5O8. The molecule has 0 aliphatic carbocycles. The number of carbonyl (C=O) groups excluding carboxylic acids is 5. The summed E-state index contributed by atoms with van der Waals surface area (Å²) in [6.45, 7) is 5.28. The third-order valence-corrected chi connectivity index (χ3v) is 9.52. The molecule has 48 heavy (non-hydrogen) atoms. The molecule has 2 saturated heterocycles. The lowest BCUT2D eigenvalue weighted by molar-refractivity contribution is -0.147. The number of fused-ring (bicyclic) bond motifs is 2. The van der Waals surface area contributed by atoms with Crippen molar-refractivity contribution < 1.29 is 33.9 Å². The quantitative estimate of drug-likeness (QED) is 0.249. The number of rotatable bonds is 12. The molecule has 1 aromatic heterocycles. The van der Waals surface area contributed by atoms with Crippen molar-refractivity contribution in [3.8, 4) is 0 Å². The van der Waals surface area contributed by atoms with Gasteiger partial charge < -0.3 is 30.5 Å². The summed E-state index contributed by atoms with van der Waals surface area (Å²) >= 11 is 0. The second kappa shape index (κ2) is 16.5. The van der Waals surface area contributed by atoms with E-state index < -0.39 is 65.7 Å². The number of ketones is 1. The Morgan fingerprint density at radius 3 is 2.40 bits per heavy atom. The number of aliphatic carboxylic acids is 1. The van der Waals surface area contributed by atoms with Crippen LogP contribution in [-0.4, -0.2) is 74.6 Å². The fourth-order valence-corrected chi connectivity index (χ4v) is 6.50. The van der Waals surface area contributed by atoms with E-state index in [1.54, 1.807) is 32.0 Å². The lowest BCUT2D eigenvalue weighted by atomic mass is 9.93. The number of piperidine rings is 1. The normalized spacial score (nSPS) is 22.9. The average Bonchev–Trinajstić information content (AvgIpc) is 3.08. The highest BCUT2D eigenvalue weighted by molar-refractivity contribution is 5.98. The molecule has 2 aliphatic heterocycles. The predicted octanol–water partition coefficient (Wildman–Crippen LogP) is 2.58. The Kier molecular flexibility index (Phi) is 12.5. The Balaban J connectivity index is 1.79. The van der Waals surface area contributed by atoms with Crippen LogP contribution in [0.2, 0.25) is 0 Å².